The normalized spacial score (nSPS) is 24.2. The zero-order valence-electron chi connectivity index (χ0n) is 11.9. The van der Waals surface area contributed by atoms with Gasteiger partial charge in [0, 0.05) is 9.13 Å². The fourth-order valence-corrected chi connectivity index (χ4v) is 3.14. The van der Waals surface area contributed by atoms with Gasteiger partial charge in [-0.1, -0.05) is 48.5 Å². The van der Waals surface area contributed by atoms with Crippen LogP contribution in [0.3, 0.4) is 0 Å². The van der Waals surface area contributed by atoms with E-state index in [0.717, 1.165) is 14.7 Å². The molecule has 0 spiro atoms. The minimum Gasteiger partial charge on any atom is -0.467 e. The number of carbonyl (C=O) groups excluding carboxylic acids is 1. The number of ether oxygens (including phenoxy) is 3. The van der Waals surface area contributed by atoms with Gasteiger partial charge in [0.15, 0.2) is 12.4 Å². The number of hydrogen-bond acceptors (Lipinski definition) is 4. The van der Waals surface area contributed by atoms with Crippen LogP contribution in [0.5, 0.6) is 0 Å². The van der Waals surface area contributed by atoms with E-state index >= 15 is 0 Å². The number of halogens is 1. The molecule has 22 heavy (non-hydrogen) atoms. The van der Waals surface area contributed by atoms with Gasteiger partial charge in [0.05, 0.1) is 7.11 Å². The van der Waals surface area contributed by atoms with E-state index in [1.165, 1.54) is 7.11 Å². The minimum atomic E-state index is -0.772. The molecule has 1 aliphatic rings. The SMILES string of the molecule is COC(=O)[C@H]1O[C@@H](c2ccccc2)O[C@H]1c1ccccc1I. The molecule has 3 rings (SSSR count). The fourth-order valence-electron chi connectivity index (χ4n) is 2.45. The number of esters is 1. The molecule has 0 aliphatic carbocycles. The maximum atomic E-state index is 12.1. The van der Waals surface area contributed by atoms with E-state index in [1.807, 2.05) is 54.6 Å². The summed E-state index contributed by atoms with van der Waals surface area (Å²) in [6.45, 7) is 0. The molecular weight excluding hydrogens is 395 g/mol. The first-order chi connectivity index (χ1) is 10.7. The standard InChI is InChI=1S/C17H15IO4/c1-20-16(19)15-14(12-9-5-6-10-13(12)18)21-17(22-15)11-7-3-2-4-8-11/h2-10,14-15,17H,1H3/t14-,15-,17-/m0/s1. The summed E-state index contributed by atoms with van der Waals surface area (Å²) in [5.74, 6) is -0.428. The molecule has 0 bridgehead atoms. The van der Waals surface area contributed by atoms with Gasteiger partial charge >= 0.3 is 5.97 Å². The quantitative estimate of drug-likeness (QED) is 0.573. The first kappa shape index (κ1) is 15.5. The Morgan fingerprint density at radius 3 is 2.41 bits per heavy atom. The molecule has 3 atom stereocenters. The van der Waals surface area contributed by atoms with Crippen molar-refractivity contribution in [1.82, 2.24) is 0 Å². The lowest BCUT2D eigenvalue weighted by Gasteiger charge is -2.16. The van der Waals surface area contributed by atoms with Crippen molar-refractivity contribution in [2.75, 3.05) is 7.11 Å². The van der Waals surface area contributed by atoms with Gasteiger partial charge < -0.3 is 14.2 Å². The van der Waals surface area contributed by atoms with Crippen molar-refractivity contribution >= 4 is 28.6 Å². The molecule has 4 nitrogen and oxygen atoms in total. The Morgan fingerprint density at radius 1 is 1.05 bits per heavy atom. The third-order valence-corrected chi connectivity index (χ3v) is 4.51. The Kier molecular flexibility index (Phi) is 4.75. The van der Waals surface area contributed by atoms with Crippen LogP contribution in [-0.2, 0) is 19.0 Å². The maximum Gasteiger partial charge on any atom is 0.338 e. The Hall–Kier alpha value is -1.44. The lowest BCUT2D eigenvalue weighted by atomic mass is 10.0. The van der Waals surface area contributed by atoms with E-state index < -0.39 is 24.5 Å². The molecular formula is C17H15IO4. The second kappa shape index (κ2) is 6.76. The van der Waals surface area contributed by atoms with Crippen LogP contribution in [0.4, 0.5) is 0 Å². The molecule has 1 aliphatic heterocycles. The van der Waals surface area contributed by atoms with Gasteiger partial charge in [-0.05, 0) is 34.2 Å². The predicted octanol–water partition coefficient (Wildman–Crippen LogP) is 3.62. The molecule has 2 aromatic rings. The van der Waals surface area contributed by atoms with Gasteiger partial charge in [-0.15, -0.1) is 0 Å². The molecule has 1 fully saturated rings. The number of carbonyl (C=O) groups is 1. The summed E-state index contributed by atoms with van der Waals surface area (Å²) in [6, 6.07) is 17.4. The van der Waals surface area contributed by atoms with Crippen LogP contribution in [0, 0.1) is 3.57 Å². The summed E-state index contributed by atoms with van der Waals surface area (Å²) >= 11 is 2.23. The largest absolute Gasteiger partial charge is 0.467 e. The average molecular weight is 410 g/mol. The van der Waals surface area contributed by atoms with Crippen LogP contribution in [-0.4, -0.2) is 19.2 Å². The highest BCUT2D eigenvalue weighted by Gasteiger charge is 2.43. The number of rotatable bonds is 3. The van der Waals surface area contributed by atoms with Crippen LogP contribution in [0.1, 0.15) is 23.5 Å². The van der Waals surface area contributed by atoms with Crippen molar-refractivity contribution in [3.8, 4) is 0 Å². The molecule has 0 aromatic heterocycles. The van der Waals surface area contributed by atoms with E-state index in [4.69, 9.17) is 14.2 Å². The highest BCUT2D eigenvalue weighted by Crippen LogP contribution is 2.41. The summed E-state index contributed by atoms with van der Waals surface area (Å²) in [7, 11) is 1.36. The molecule has 0 N–H and O–H groups in total. The second-order valence-electron chi connectivity index (χ2n) is 4.90. The van der Waals surface area contributed by atoms with E-state index in [-0.39, 0.29) is 0 Å². The first-order valence-corrected chi connectivity index (χ1v) is 7.96. The topological polar surface area (TPSA) is 44.8 Å². The highest BCUT2D eigenvalue weighted by atomic mass is 127. The van der Waals surface area contributed by atoms with E-state index in [2.05, 4.69) is 22.6 Å². The van der Waals surface area contributed by atoms with Crippen molar-refractivity contribution < 1.29 is 19.0 Å². The molecule has 0 unspecified atom stereocenters. The number of benzene rings is 2. The Morgan fingerprint density at radius 2 is 1.73 bits per heavy atom. The summed E-state index contributed by atoms with van der Waals surface area (Å²) in [6.07, 6.45) is -1.83. The number of hydrogen-bond donors (Lipinski definition) is 0. The van der Waals surface area contributed by atoms with Crippen molar-refractivity contribution in [3.63, 3.8) is 0 Å². The third kappa shape index (κ3) is 3.02. The zero-order chi connectivity index (χ0) is 15.5. The maximum absolute atomic E-state index is 12.1. The Balaban J connectivity index is 1.93. The molecule has 1 saturated heterocycles. The van der Waals surface area contributed by atoms with Gasteiger partial charge in [-0.2, -0.15) is 0 Å². The van der Waals surface area contributed by atoms with Gasteiger partial charge in [-0.3, -0.25) is 0 Å². The Bertz CT molecular complexity index is 659. The van der Waals surface area contributed by atoms with Gasteiger partial charge in [0.25, 0.3) is 0 Å². The van der Waals surface area contributed by atoms with E-state index in [0.29, 0.717) is 0 Å². The van der Waals surface area contributed by atoms with Crippen molar-refractivity contribution in [2.24, 2.45) is 0 Å². The van der Waals surface area contributed by atoms with Gasteiger partial charge in [0.1, 0.15) is 6.10 Å². The van der Waals surface area contributed by atoms with Crippen molar-refractivity contribution in [2.45, 2.75) is 18.5 Å². The lowest BCUT2D eigenvalue weighted by Crippen LogP contribution is -2.27. The molecule has 0 saturated carbocycles. The van der Waals surface area contributed by atoms with Crippen LogP contribution in [0.25, 0.3) is 0 Å². The zero-order valence-corrected chi connectivity index (χ0v) is 14.1. The lowest BCUT2D eigenvalue weighted by molar-refractivity contribution is -0.154. The van der Waals surface area contributed by atoms with E-state index in [1.54, 1.807) is 0 Å². The van der Waals surface area contributed by atoms with Crippen LogP contribution < -0.4 is 0 Å². The predicted molar refractivity (Wildman–Crippen MR) is 89.1 cm³/mol. The smallest absolute Gasteiger partial charge is 0.338 e. The van der Waals surface area contributed by atoms with Gasteiger partial charge in [-0.25, -0.2) is 4.79 Å². The van der Waals surface area contributed by atoms with Crippen LogP contribution in [0.2, 0.25) is 0 Å². The first-order valence-electron chi connectivity index (χ1n) is 6.89. The monoisotopic (exact) mass is 410 g/mol. The summed E-state index contributed by atoms with van der Waals surface area (Å²) in [5.41, 5.74) is 1.81. The third-order valence-electron chi connectivity index (χ3n) is 3.53. The second-order valence-corrected chi connectivity index (χ2v) is 6.06. The minimum absolute atomic E-state index is 0.428. The molecule has 114 valence electrons. The van der Waals surface area contributed by atoms with E-state index in [9.17, 15) is 4.79 Å². The summed E-state index contributed by atoms with van der Waals surface area (Å²) < 4.78 is 17.7. The summed E-state index contributed by atoms with van der Waals surface area (Å²) in [5, 5.41) is 0. The molecule has 0 amide bonds. The summed E-state index contributed by atoms with van der Waals surface area (Å²) in [4.78, 5) is 12.1. The molecule has 1 heterocycles. The fraction of sp³-hybridized carbons (Fsp3) is 0.235. The Labute approximate surface area is 142 Å². The number of methoxy groups -OCH3 is 1. The van der Waals surface area contributed by atoms with Crippen molar-refractivity contribution in [1.29, 1.82) is 0 Å². The molecule has 2 aromatic carbocycles. The van der Waals surface area contributed by atoms with Crippen LogP contribution in [0.15, 0.2) is 54.6 Å². The van der Waals surface area contributed by atoms with Gasteiger partial charge in [0.2, 0.25) is 0 Å². The molecule has 5 heteroatoms. The van der Waals surface area contributed by atoms with Crippen LogP contribution >= 0.6 is 22.6 Å². The van der Waals surface area contributed by atoms with Crippen molar-refractivity contribution in [3.05, 3.63) is 69.3 Å². The highest BCUT2D eigenvalue weighted by molar-refractivity contribution is 14.1. The molecule has 0 radical (unpaired) electrons. The average Bonchev–Trinajstić information content (AvgIpc) is 3.00.